The second-order valence-electron chi connectivity index (χ2n) is 1.73. The van der Waals surface area contributed by atoms with E-state index in [1.165, 1.54) is 0 Å². The van der Waals surface area contributed by atoms with Crippen molar-refractivity contribution < 1.29 is 9.90 Å². The Kier molecular flexibility index (Phi) is 2.88. The zero-order chi connectivity index (χ0) is 7.49. The summed E-state index contributed by atoms with van der Waals surface area (Å²) in [6, 6.07) is 0. The molecule has 0 bridgehead atoms. The predicted molar refractivity (Wildman–Crippen MR) is 36.2 cm³/mol. The van der Waals surface area contributed by atoms with Gasteiger partial charge in [0.15, 0.2) is 5.78 Å². The van der Waals surface area contributed by atoms with Gasteiger partial charge < -0.3 is 5.11 Å². The lowest BCUT2D eigenvalue weighted by molar-refractivity contribution is -0.126. The fourth-order valence-corrected chi connectivity index (χ4v) is 0.388. The van der Waals surface area contributed by atoms with Gasteiger partial charge in [0.2, 0.25) is 0 Å². The van der Waals surface area contributed by atoms with E-state index in [2.05, 4.69) is 13.5 Å². The molecule has 0 aromatic heterocycles. The molecular weight excluding hydrogens is 140 g/mol. The Morgan fingerprint density at radius 2 is 2.33 bits per heavy atom. The van der Waals surface area contributed by atoms with Gasteiger partial charge in [0.05, 0.1) is 5.88 Å². The average molecular weight is 148 g/mol. The van der Waals surface area contributed by atoms with Crippen LogP contribution in [0.25, 0.3) is 0 Å². The highest BCUT2D eigenvalue weighted by Crippen LogP contribution is 2.06. The van der Waals surface area contributed by atoms with E-state index in [1.807, 2.05) is 0 Å². The summed E-state index contributed by atoms with van der Waals surface area (Å²) in [5.74, 6) is -0.768. The molecule has 0 saturated heterocycles. The number of rotatable bonds is 3. The summed E-state index contributed by atoms with van der Waals surface area (Å²) < 4.78 is 0. The highest BCUT2D eigenvalue weighted by Gasteiger charge is 2.25. The Morgan fingerprint density at radius 3 is 2.44 bits per heavy atom. The molecular formula is C6H8ClO2. The van der Waals surface area contributed by atoms with Crippen LogP contribution in [0.5, 0.6) is 0 Å². The van der Waals surface area contributed by atoms with Crippen molar-refractivity contribution in [1.29, 1.82) is 0 Å². The number of carbonyl (C=O) groups is 1. The summed E-state index contributed by atoms with van der Waals surface area (Å²) in [5.41, 5.74) is -1.69. The summed E-state index contributed by atoms with van der Waals surface area (Å²) in [6.45, 7) is 6.33. The number of hydrogen-bond acceptors (Lipinski definition) is 2. The molecule has 0 aromatic rings. The number of aliphatic hydroxyl groups is 1. The van der Waals surface area contributed by atoms with Crippen LogP contribution in [-0.4, -0.2) is 22.4 Å². The minimum Gasteiger partial charge on any atom is -0.380 e. The normalized spacial score (nSPS) is 16.3. The van der Waals surface area contributed by atoms with E-state index in [4.69, 9.17) is 16.7 Å². The van der Waals surface area contributed by atoms with Crippen molar-refractivity contribution in [1.82, 2.24) is 0 Å². The summed E-state index contributed by atoms with van der Waals surface area (Å²) in [6.07, 6.45) is 0.995. The number of ketones is 1. The first-order chi connectivity index (χ1) is 4.04. The fraction of sp³-hybridized carbons (Fsp3) is 0.333. The van der Waals surface area contributed by atoms with Crippen LogP contribution in [0, 0.1) is 6.92 Å². The maximum Gasteiger partial charge on any atom is 0.187 e. The van der Waals surface area contributed by atoms with Crippen LogP contribution < -0.4 is 0 Å². The van der Waals surface area contributed by atoms with E-state index >= 15 is 0 Å². The first kappa shape index (κ1) is 8.66. The van der Waals surface area contributed by atoms with E-state index in [1.54, 1.807) is 0 Å². The molecule has 51 valence electrons. The standard InChI is InChI=1S/C6H8ClO2/c1-3-5(8)6(2,9)4-7/h3,9H,1-2,4H2. The van der Waals surface area contributed by atoms with E-state index in [9.17, 15) is 4.79 Å². The van der Waals surface area contributed by atoms with Crippen LogP contribution in [0.3, 0.4) is 0 Å². The summed E-state index contributed by atoms with van der Waals surface area (Å²) >= 11 is 5.19. The van der Waals surface area contributed by atoms with Crippen LogP contribution >= 0.6 is 11.6 Å². The molecule has 0 amide bonds. The van der Waals surface area contributed by atoms with Gasteiger partial charge in [-0.3, -0.25) is 4.79 Å². The molecule has 1 N–H and O–H groups in total. The quantitative estimate of drug-likeness (QED) is 0.468. The Hall–Kier alpha value is -0.340. The van der Waals surface area contributed by atoms with Crippen molar-refractivity contribution in [2.75, 3.05) is 5.88 Å². The van der Waals surface area contributed by atoms with Crippen molar-refractivity contribution in [3.05, 3.63) is 19.6 Å². The smallest absolute Gasteiger partial charge is 0.187 e. The van der Waals surface area contributed by atoms with E-state index in [0.717, 1.165) is 6.08 Å². The zero-order valence-electron chi connectivity index (χ0n) is 4.93. The topological polar surface area (TPSA) is 37.3 Å². The molecule has 0 aromatic carbocycles. The van der Waals surface area contributed by atoms with Crippen molar-refractivity contribution >= 4 is 17.4 Å². The van der Waals surface area contributed by atoms with Crippen LogP contribution in [0.15, 0.2) is 12.7 Å². The van der Waals surface area contributed by atoms with Crippen molar-refractivity contribution in [2.24, 2.45) is 0 Å². The summed E-state index contributed by atoms with van der Waals surface area (Å²) in [4.78, 5) is 10.5. The van der Waals surface area contributed by atoms with Gasteiger partial charge >= 0.3 is 0 Å². The molecule has 0 fully saturated rings. The lowest BCUT2D eigenvalue weighted by Crippen LogP contribution is -2.35. The first-order valence-electron chi connectivity index (χ1n) is 2.35. The van der Waals surface area contributed by atoms with Gasteiger partial charge in [0, 0.05) is 0 Å². The van der Waals surface area contributed by atoms with Gasteiger partial charge in [-0.2, -0.15) is 0 Å². The molecule has 2 nitrogen and oxygen atoms in total. The maximum absolute atomic E-state index is 10.5. The molecule has 3 heteroatoms. The molecule has 9 heavy (non-hydrogen) atoms. The van der Waals surface area contributed by atoms with Gasteiger partial charge in [-0.05, 0) is 13.0 Å². The molecule has 0 aliphatic carbocycles. The first-order valence-corrected chi connectivity index (χ1v) is 2.88. The fourth-order valence-electron chi connectivity index (χ4n) is 0.256. The predicted octanol–water partition coefficient (Wildman–Crippen LogP) is 0.545. The van der Waals surface area contributed by atoms with Crippen molar-refractivity contribution in [2.45, 2.75) is 5.60 Å². The third-order valence-corrected chi connectivity index (χ3v) is 1.31. The van der Waals surface area contributed by atoms with Crippen LogP contribution in [0.1, 0.15) is 0 Å². The Labute approximate surface area is 59.1 Å². The number of alkyl halides is 1. The number of carbonyl (C=O) groups excluding carboxylic acids is 1. The van der Waals surface area contributed by atoms with E-state index < -0.39 is 11.4 Å². The van der Waals surface area contributed by atoms with Gasteiger partial charge in [-0.1, -0.05) is 6.58 Å². The zero-order valence-corrected chi connectivity index (χ0v) is 5.69. The van der Waals surface area contributed by atoms with E-state index in [-0.39, 0.29) is 5.88 Å². The number of hydrogen-bond donors (Lipinski definition) is 1. The molecule has 0 rings (SSSR count). The lowest BCUT2D eigenvalue weighted by atomic mass is 10.0. The van der Waals surface area contributed by atoms with Crippen LogP contribution in [-0.2, 0) is 4.79 Å². The van der Waals surface area contributed by atoms with E-state index in [0.29, 0.717) is 0 Å². The molecule has 0 aliphatic heterocycles. The Morgan fingerprint density at radius 1 is 1.89 bits per heavy atom. The van der Waals surface area contributed by atoms with Crippen molar-refractivity contribution in [3.8, 4) is 0 Å². The average Bonchev–Trinajstić information content (AvgIpc) is 1.86. The molecule has 1 radical (unpaired) electrons. The van der Waals surface area contributed by atoms with Gasteiger partial charge in [-0.25, -0.2) is 0 Å². The second-order valence-corrected chi connectivity index (χ2v) is 2.00. The maximum atomic E-state index is 10.5. The van der Waals surface area contributed by atoms with Gasteiger partial charge in [-0.15, -0.1) is 11.6 Å². The molecule has 1 unspecified atom stereocenters. The van der Waals surface area contributed by atoms with Gasteiger partial charge in [0.25, 0.3) is 0 Å². The highest BCUT2D eigenvalue weighted by molar-refractivity contribution is 6.21. The SMILES string of the molecule is [CH2]C(O)(CCl)C(=O)C=C. The third-order valence-electron chi connectivity index (χ3n) is 0.865. The second kappa shape index (κ2) is 2.99. The minimum atomic E-state index is -1.69. The molecule has 0 heterocycles. The largest absolute Gasteiger partial charge is 0.380 e. The lowest BCUT2D eigenvalue weighted by Gasteiger charge is -2.14. The summed E-state index contributed by atoms with van der Waals surface area (Å²) in [5, 5.41) is 8.93. The Bertz CT molecular complexity index is 129. The van der Waals surface area contributed by atoms with Crippen molar-refractivity contribution in [3.63, 3.8) is 0 Å². The summed E-state index contributed by atoms with van der Waals surface area (Å²) in [7, 11) is 0. The van der Waals surface area contributed by atoms with Crippen LogP contribution in [0.2, 0.25) is 0 Å². The van der Waals surface area contributed by atoms with Crippen LogP contribution in [0.4, 0.5) is 0 Å². The highest BCUT2D eigenvalue weighted by atomic mass is 35.5. The Balaban J connectivity index is 4.13. The number of halogens is 1. The molecule has 0 spiro atoms. The third kappa shape index (κ3) is 2.16. The minimum absolute atomic E-state index is 0.210. The monoisotopic (exact) mass is 147 g/mol. The molecule has 1 atom stereocenters. The molecule has 0 aliphatic rings. The van der Waals surface area contributed by atoms with Gasteiger partial charge in [0.1, 0.15) is 5.60 Å². The molecule has 0 saturated carbocycles.